The molecule has 0 aliphatic carbocycles. The van der Waals surface area contributed by atoms with Crippen molar-refractivity contribution in [3.8, 4) is 0 Å². The van der Waals surface area contributed by atoms with Crippen LogP contribution in [-0.2, 0) is 4.79 Å². The highest BCUT2D eigenvalue weighted by Gasteiger charge is 2.39. The molecule has 66 valence electrons. The summed E-state index contributed by atoms with van der Waals surface area (Å²) in [5.41, 5.74) is 5.15. The number of carboxylic acids is 1. The summed E-state index contributed by atoms with van der Waals surface area (Å²) in [6.45, 7) is 1.53. The van der Waals surface area contributed by atoms with Gasteiger partial charge in [0.1, 0.15) is 0 Å². The molecule has 0 fully saturated rings. The van der Waals surface area contributed by atoms with Crippen LogP contribution in [0.4, 0.5) is 8.78 Å². The van der Waals surface area contributed by atoms with Gasteiger partial charge < -0.3 is 10.8 Å². The summed E-state index contributed by atoms with van der Waals surface area (Å²) in [6, 6.07) is -0.426. The highest BCUT2D eigenvalue weighted by Crippen LogP contribution is 2.29. The van der Waals surface area contributed by atoms with Gasteiger partial charge in [0.2, 0.25) is 0 Å². The van der Waals surface area contributed by atoms with Crippen molar-refractivity contribution in [3.63, 3.8) is 0 Å². The number of aliphatic carboxylic acids is 1. The van der Waals surface area contributed by atoms with E-state index in [1.54, 1.807) is 0 Å². The average Bonchev–Trinajstić information content (AvgIpc) is 1.84. The van der Waals surface area contributed by atoms with E-state index in [0.29, 0.717) is 0 Å². The van der Waals surface area contributed by atoms with Gasteiger partial charge in [-0.1, -0.05) is 11.8 Å². The number of hydrogen-bond donors (Lipinski definition) is 2. The van der Waals surface area contributed by atoms with Gasteiger partial charge in [-0.2, -0.15) is 8.78 Å². The van der Waals surface area contributed by atoms with E-state index in [-0.39, 0.29) is 17.5 Å². The van der Waals surface area contributed by atoms with Gasteiger partial charge in [0, 0.05) is 11.8 Å². The number of nitrogens with two attached hydrogens (primary N) is 1. The number of alkyl halides is 2. The van der Waals surface area contributed by atoms with Crippen LogP contribution < -0.4 is 5.73 Å². The van der Waals surface area contributed by atoms with Crippen LogP contribution in [0.1, 0.15) is 6.92 Å². The lowest BCUT2D eigenvalue weighted by molar-refractivity contribution is -0.152. The van der Waals surface area contributed by atoms with Crippen molar-refractivity contribution in [2.45, 2.75) is 18.2 Å². The fourth-order valence-electron chi connectivity index (χ4n) is 0.298. The molecule has 3 N–H and O–H groups in total. The maximum Gasteiger partial charge on any atom is 0.388 e. The minimum absolute atomic E-state index is 0.0370. The molecule has 11 heavy (non-hydrogen) atoms. The lowest BCUT2D eigenvalue weighted by Crippen LogP contribution is -2.28. The fraction of sp³-hybridized carbons (Fsp3) is 0.800. The van der Waals surface area contributed by atoms with Crippen molar-refractivity contribution in [1.82, 2.24) is 0 Å². The zero-order valence-electron chi connectivity index (χ0n) is 5.88. The molecule has 0 rings (SSSR count). The van der Waals surface area contributed by atoms with E-state index in [2.05, 4.69) is 0 Å². The Kier molecular flexibility index (Phi) is 3.74. The molecule has 0 saturated carbocycles. The van der Waals surface area contributed by atoms with Gasteiger partial charge >= 0.3 is 11.2 Å². The number of carboxylic acid groups (broad SMARTS) is 1. The van der Waals surface area contributed by atoms with E-state index in [1.165, 1.54) is 6.92 Å². The van der Waals surface area contributed by atoms with Crippen LogP contribution in [0.25, 0.3) is 0 Å². The molecule has 0 bridgehead atoms. The molecule has 1 atom stereocenters. The highest BCUT2D eigenvalue weighted by atomic mass is 32.2. The molecular formula is C5H9F2NO2S. The average molecular weight is 185 g/mol. The monoisotopic (exact) mass is 185 g/mol. The molecule has 0 radical (unpaired) electrons. The number of rotatable bonds is 4. The Balaban J connectivity index is 3.83. The minimum Gasteiger partial charge on any atom is -0.476 e. The molecule has 0 aromatic rings. The number of halogens is 2. The number of thioether (sulfide) groups is 1. The van der Waals surface area contributed by atoms with Gasteiger partial charge in [-0.15, -0.1) is 0 Å². The highest BCUT2D eigenvalue weighted by molar-refractivity contribution is 8.01. The molecular weight excluding hydrogens is 176 g/mol. The summed E-state index contributed by atoms with van der Waals surface area (Å²) < 4.78 is 24.4. The van der Waals surface area contributed by atoms with E-state index in [9.17, 15) is 13.6 Å². The van der Waals surface area contributed by atoms with Crippen LogP contribution >= 0.6 is 11.8 Å². The van der Waals surface area contributed by atoms with Gasteiger partial charge in [0.05, 0.1) is 0 Å². The van der Waals surface area contributed by atoms with Gasteiger partial charge in [-0.25, -0.2) is 4.79 Å². The molecule has 0 amide bonds. The van der Waals surface area contributed by atoms with Crippen LogP contribution in [0.2, 0.25) is 0 Å². The van der Waals surface area contributed by atoms with E-state index in [4.69, 9.17) is 10.8 Å². The van der Waals surface area contributed by atoms with Gasteiger partial charge in [0.25, 0.3) is 0 Å². The Bertz CT molecular complexity index is 151. The van der Waals surface area contributed by atoms with Crippen molar-refractivity contribution in [2.24, 2.45) is 5.73 Å². The first kappa shape index (κ1) is 10.6. The summed E-state index contributed by atoms with van der Waals surface area (Å²) in [7, 11) is 0. The van der Waals surface area contributed by atoms with Crippen LogP contribution in [0.15, 0.2) is 0 Å². The van der Waals surface area contributed by atoms with Crippen LogP contribution in [0, 0.1) is 0 Å². The molecule has 0 heterocycles. The summed E-state index contributed by atoms with van der Waals surface area (Å²) >= 11 is 0.0370. The number of hydrogen-bond acceptors (Lipinski definition) is 3. The van der Waals surface area contributed by atoms with Crippen LogP contribution in [-0.4, -0.2) is 28.1 Å². The largest absolute Gasteiger partial charge is 0.476 e. The smallest absolute Gasteiger partial charge is 0.388 e. The molecule has 0 saturated heterocycles. The second-order valence-corrected chi connectivity index (χ2v) is 3.24. The first-order chi connectivity index (χ1) is 4.86. The summed E-state index contributed by atoms with van der Waals surface area (Å²) in [4.78, 5) is 9.82. The lowest BCUT2D eigenvalue weighted by Gasteiger charge is -2.11. The number of carbonyl (C=O) groups is 1. The normalized spacial score (nSPS) is 14.5. The molecule has 0 spiro atoms. The van der Waals surface area contributed by atoms with Crippen molar-refractivity contribution >= 4 is 17.7 Å². The Morgan fingerprint density at radius 3 is 2.55 bits per heavy atom. The van der Waals surface area contributed by atoms with Gasteiger partial charge in [-0.05, 0) is 6.92 Å². The Labute approximate surface area is 66.9 Å². The predicted molar refractivity (Wildman–Crippen MR) is 38.7 cm³/mol. The van der Waals surface area contributed by atoms with Crippen LogP contribution in [0.5, 0.6) is 0 Å². The molecule has 0 aromatic heterocycles. The Hall–Kier alpha value is -0.360. The van der Waals surface area contributed by atoms with E-state index in [0.717, 1.165) is 0 Å². The first-order valence-electron chi connectivity index (χ1n) is 2.87. The standard InChI is InChI=1S/C5H9F2NO2S/c1-3(8)2-11-5(6,7)4(9)10/h3H,2,8H2,1H3,(H,9,10). The third-order valence-corrected chi connectivity index (χ3v) is 2.01. The van der Waals surface area contributed by atoms with Gasteiger partial charge in [-0.3, -0.25) is 0 Å². The van der Waals surface area contributed by atoms with Crippen LogP contribution in [0.3, 0.4) is 0 Å². The van der Waals surface area contributed by atoms with E-state index in [1.807, 2.05) is 0 Å². The molecule has 1 unspecified atom stereocenters. The Morgan fingerprint density at radius 1 is 1.82 bits per heavy atom. The summed E-state index contributed by atoms with van der Waals surface area (Å²) in [5, 5.41) is 4.23. The molecule has 6 heteroatoms. The second kappa shape index (κ2) is 3.87. The zero-order chi connectivity index (χ0) is 9.07. The maximum atomic E-state index is 12.2. The quantitative estimate of drug-likeness (QED) is 0.678. The zero-order valence-corrected chi connectivity index (χ0v) is 6.70. The molecule has 0 aliphatic rings. The lowest BCUT2D eigenvalue weighted by atomic mass is 10.4. The third-order valence-electron chi connectivity index (χ3n) is 0.776. The SMILES string of the molecule is CC(N)CSC(F)(F)C(=O)O. The topological polar surface area (TPSA) is 63.3 Å². The van der Waals surface area contributed by atoms with Crippen molar-refractivity contribution < 1.29 is 18.7 Å². The third kappa shape index (κ3) is 4.15. The molecule has 3 nitrogen and oxygen atoms in total. The van der Waals surface area contributed by atoms with E-state index < -0.39 is 17.3 Å². The summed E-state index contributed by atoms with van der Waals surface area (Å²) in [6.07, 6.45) is 0. The first-order valence-corrected chi connectivity index (χ1v) is 3.85. The van der Waals surface area contributed by atoms with Crippen molar-refractivity contribution in [2.75, 3.05) is 5.75 Å². The predicted octanol–water partition coefficient (Wildman–Crippen LogP) is 0.744. The maximum absolute atomic E-state index is 12.2. The Morgan fingerprint density at radius 2 is 2.27 bits per heavy atom. The minimum atomic E-state index is -3.71. The molecule has 0 aromatic carbocycles. The van der Waals surface area contributed by atoms with Crippen molar-refractivity contribution in [1.29, 1.82) is 0 Å². The second-order valence-electron chi connectivity index (χ2n) is 2.11. The fourth-order valence-corrected chi connectivity index (χ4v) is 0.894. The van der Waals surface area contributed by atoms with Crippen molar-refractivity contribution in [3.05, 3.63) is 0 Å². The van der Waals surface area contributed by atoms with E-state index >= 15 is 0 Å². The summed E-state index contributed by atoms with van der Waals surface area (Å²) in [5.74, 6) is -2.19. The van der Waals surface area contributed by atoms with Gasteiger partial charge in [0.15, 0.2) is 0 Å². The molecule has 0 aliphatic heterocycles.